The average molecular weight is 242 g/mol. The van der Waals surface area contributed by atoms with Gasteiger partial charge in [-0.15, -0.1) is 0 Å². The van der Waals surface area contributed by atoms with Crippen LogP contribution in [0.2, 0.25) is 0 Å². The van der Waals surface area contributed by atoms with Crippen LogP contribution in [0.5, 0.6) is 0 Å². The van der Waals surface area contributed by atoms with Crippen LogP contribution >= 0.6 is 0 Å². The second kappa shape index (κ2) is 6.00. The molecular formula is C12H22N2O3. The molecule has 17 heavy (non-hydrogen) atoms. The minimum Gasteiger partial charge on any atom is -0.481 e. The fourth-order valence-corrected chi connectivity index (χ4v) is 2.38. The van der Waals surface area contributed by atoms with Gasteiger partial charge in [-0.05, 0) is 19.9 Å². The van der Waals surface area contributed by atoms with Crippen molar-refractivity contribution in [3.63, 3.8) is 0 Å². The molecule has 0 aromatic carbocycles. The molecule has 0 aromatic rings. The first kappa shape index (κ1) is 14.0. The Balaban J connectivity index is 2.79. The topological polar surface area (TPSA) is 60.9 Å². The maximum atomic E-state index is 12.0. The lowest BCUT2D eigenvalue weighted by molar-refractivity contribution is -0.150. The molecule has 2 unspecified atom stereocenters. The van der Waals surface area contributed by atoms with Gasteiger partial charge in [0.15, 0.2) is 0 Å². The zero-order valence-electron chi connectivity index (χ0n) is 10.8. The van der Waals surface area contributed by atoms with Crippen molar-refractivity contribution in [2.24, 2.45) is 0 Å². The molecule has 1 amide bonds. The Kier molecular flexibility index (Phi) is 4.93. The third-order valence-corrected chi connectivity index (χ3v) is 3.30. The Bertz CT molecular complexity index is 293. The smallest absolute Gasteiger partial charge is 0.305 e. The molecule has 1 heterocycles. The number of piperazine rings is 1. The van der Waals surface area contributed by atoms with Crippen molar-refractivity contribution in [1.82, 2.24) is 9.80 Å². The Morgan fingerprint density at radius 1 is 1.53 bits per heavy atom. The maximum absolute atomic E-state index is 12.0. The third kappa shape index (κ3) is 3.43. The van der Waals surface area contributed by atoms with Gasteiger partial charge >= 0.3 is 5.97 Å². The lowest BCUT2D eigenvalue weighted by Crippen LogP contribution is -2.60. The molecule has 98 valence electrons. The minimum atomic E-state index is -0.910. The molecule has 5 nitrogen and oxygen atoms in total. The fourth-order valence-electron chi connectivity index (χ4n) is 2.38. The van der Waals surface area contributed by atoms with Crippen molar-refractivity contribution in [1.29, 1.82) is 0 Å². The van der Waals surface area contributed by atoms with E-state index in [4.69, 9.17) is 5.11 Å². The predicted molar refractivity (Wildman–Crippen MR) is 64.8 cm³/mol. The second-order valence-corrected chi connectivity index (χ2v) is 4.77. The molecule has 1 fully saturated rings. The highest BCUT2D eigenvalue weighted by Crippen LogP contribution is 2.19. The highest BCUT2D eigenvalue weighted by atomic mass is 16.4. The number of hydrogen-bond acceptors (Lipinski definition) is 3. The maximum Gasteiger partial charge on any atom is 0.305 e. The number of aliphatic carboxylic acids is 1. The van der Waals surface area contributed by atoms with Crippen molar-refractivity contribution in [3.8, 4) is 0 Å². The van der Waals surface area contributed by atoms with Gasteiger partial charge in [0, 0.05) is 19.6 Å². The number of nitrogens with zero attached hydrogens (tertiary/aromatic N) is 2. The quantitative estimate of drug-likeness (QED) is 0.774. The average Bonchev–Trinajstić information content (AvgIpc) is 2.24. The molecule has 5 heteroatoms. The number of carbonyl (C=O) groups excluding carboxylic acids is 1. The van der Waals surface area contributed by atoms with Gasteiger partial charge < -0.3 is 10.0 Å². The zero-order chi connectivity index (χ0) is 13.0. The first-order chi connectivity index (χ1) is 7.97. The Hall–Kier alpha value is -1.10. The summed E-state index contributed by atoms with van der Waals surface area (Å²) in [6.07, 6.45) is 1.95. The number of amides is 1. The largest absolute Gasteiger partial charge is 0.481 e. The normalized spacial score (nSPS) is 26.3. The lowest BCUT2D eigenvalue weighted by atomic mass is 10.0. The molecule has 0 bridgehead atoms. The van der Waals surface area contributed by atoms with Gasteiger partial charge in [0.2, 0.25) is 5.91 Å². The van der Waals surface area contributed by atoms with Gasteiger partial charge in [0.05, 0.1) is 6.42 Å². The van der Waals surface area contributed by atoms with Crippen molar-refractivity contribution < 1.29 is 14.7 Å². The van der Waals surface area contributed by atoms with Crippen LogP contribution in [0.15, 0.2) is 0 Å². The summed E-state index contributed by atoms with van der Waals surface area (Å²) in [5.41, 5.74) is 0. The van der Waals surface area contributed by atoms with Crippen molar-refractivity contribution in [2.75, 3.05) is 20.1 Å². The standard InChI is InChI=1S/C12H22N2O3/c1-4-5-6-14-9(2)8-13(3)12(17)10(14)7-11(15)16/h9-10H,4-8H2,1-3H3,(H,15,16). The molecule has 0 saturated carbocycles. The first-order valence-corrected chi connectivity index (χ1v) is 6.19. The molecule has 1 rings (SSSR count). The number of carboxylic acids is 1. The van der Waals surface area contributed by atoms with Gasteiger partial charge in [-0.1, -0.05) is 13.3 Å². The van der Waals surface area contributed by atoms with Crippen LogP contribution in [0.1, 0.15) is 33.1 Å². The molecular weight excluding hydrogens is 220 g/mol. The zero-order valence-corrected chi connectivity index (χ0v) is 10.8. The predicted octanol–water partition coefficient (Wildman–Crippen LogP) is 0.792. The van der Waals surface area contributed by atoms with Crippen molar-refractivity contribution in [3.05, 3.63) is 0 Å². The van der Waals surface area contributed by atoms with Gasteiger partial charge in [0.25, 0.3) is 0 Å². The third-order valence-electron chi connectivity index (χ3n) is 3.30. The van der Waals surface area contributed by atoms with Gasteiger partial charge in [0.1, 0.15) is 6.04 Å². The molecule has 1 N–H and O–H groups in total. The van der Waals surface area contributed by atoms with Crippen LogP contribution in [0.25, 0.3) is 0 Å². The summed E-state index contributed by atoms with van der Waals surface area (Å²) in [4.78, 5) is 26.5. The van der Waals surface area contributed by atoms with E-state index in [1.165, 1.54) is 0 Å². The first-order valence-electron chi connectivity index (χ1n) is 6.19. The number of carbonyl (C=O) groups is 2. The summed E-state index contributed by atoms with van der Waals surface area (Å²) >= 11 is 0. The summed E-state index contributed by atoms with van der Waals surface area (Å²) in [5, 5.41) is 8.90. The minimum absolute atomic E-state index is 0.0680. The van der Waals surface area contributed by atoms with E-state index < -0.39 is 12.0 Å². The van der Waals surface area contributed by atoms with Gasteiger partial charge in [-0.25, -0.2) is 0 Å². The monoisotopic (exact) mass is 242 g/mol. The van der Waals surface area contributed by atoms with E-state index in [-0.39, 0.29) is 18.4 Å². The molecule has 0 aliphatic carbocycles. The summed E-state index contributed by atoms with van der Waals surface area (Å²) in [5.74, 6) is -0.978. The van der Waals surface area contributed by atoms with Crippen LogP contribution in [-0.2, 0) is 9.59 Å². The molecule has 0 spiro atoms. The van der Waals surface area contributed by atoms with Crippen molar-refractivity contribution in [2.45, 2.75) is 45.2 Å². The number of carboxylic acid groups (broad SMARTS) is 1. The summed E-state index contributed by atoms with van der Waals surface area (Å²) in [7, 11) is 1.74. The molecule has 1 aliphatic rings. The second-order valence-electron chi connectivity index (χ2n) is 4.77. The number of unbranched alkanes of at least 4 members (excludes halogenated alkanes) is 1. The molecule has 0 aromatic heterocycles. The van der Waals surface area contributed by atoms with E-state index in [1.807, 2.05) is 11.8 Å². The summed E-state index contributed by atoms with van der Waals surface area (Å²) < 4.78 is 0. The summed E-state index contributed by atoms with van der Waals surface area (Å²) in [6, 6.07) is -0.263. The summed E-state index contributed by atoms with van der Waals surface area (Å²) in [6.45, 7) is 5.62. The van der Waals surface area contributed by atoms with E-state index >= 15 is 0 Å². The SMILES string of the molecule is CCCCN1C(C)CN(C)C(=O)C1CC(=O)O. The molecule has 1 saturated heterocycles. The van der Waals surface area contributed by atoms with E-state index in [0.29, 0.717) is 6.54 Å². The van der Waals surface area contributed by atoms with E-state index in [2.05, 4.69) is 6.92 Å². The Labute approximate surface area is 102 Å². The number of hydrogen-bond donors (Lipinski definition) is 1. The number of likely N-dealkylation sites (N-methyl/N-ethyl adjacent to an activating group) is 1. The van der Waals surface area contributed by atoms with E-state index in [0.717, 1.165) is 19.4 Å². The number of rotatable bonds is 5. The van der Waals surface area contributed by atoms with E-state index in [1.54, 1.807) is 11.9 Å². The van der Waals surface area contributed by atoms with Crippen LogP contribution < -0.4 is 0 Å². The molecule has 2 atom stereocenters. The molecule has 0 radical (unpaired) electrons. The highest BCUT2D eigenvalue weighted by Gasteiger charge is 2.37. The lowest BCUT2D eigenvalue weighted by Gasteiger charge is -2.43. The Morgan fingerprint density at radius 3 is 2.71 bits per heavy atom. The van der Waals surface area contributed by atoms with Gasteiger partial charge in [-0.2, -0.15) is 0 Å². The van der Waals surface area contributed by atoms with Crippen LogP contribution in [0.3, 0.4) is 0 Å². The highest BCUT2D eigenvalue weighted by molar-refractivity contribution is 5.86. The van der Waals surface area contributed by atoms with Gasteiger partial charge in [-0.3, -0.25) is 14.5 Å². The Morgan fingerprint density at radius 2 is 2.18 bits per heavy atom. The fraction of sp³-hybridized carbons (Fsp3) is 0.833. The van der Waals surface area contributed by atoms with Crippen LogP contribution in [0.4, 0.5) is 0 Å². The molecule has 1 aliphatic heterocycles. The van der Waals surface area contributed by atoms with E-state index in [9.17, 15) is 9.59 Å². The van der Waals surface area contributed by atoms with Crippen LogP contribution in [0, 0.1) is 0 Å². The van der Waals surface area contributed by atoms with Crippen LogP contribution in [-0.4, -0.2) is 59.0 Å². The van der Waals surface area contributed by atoms with Crippen molar-refractivity contribution >= 4 is 11.9 Å².